The zero-order valence-corrected chi connectivity index (χ0v) is 11.0. The largest absolute Gasteiger partial charge is 0.368 e. The summed E-state index contributed by atoms with van der Waals surface area (Å²) >= 11 is 1.81. The van der Waals surface area contributed by atoms with E-state index >= 15 is 0 Å². The van der Waals surface area contributed by atoms with Crippen LogP contribution in [0.3, 0.4) is 0 Å². The molecular formula is C11H18N4OS. The number of aromatic nitrogens is 2. The molecule has 1 aromatic rings. The van der Waals surface area contributed by atoms with Gasteiger partial charge in [-0.05, 0) is 37.8 Å². The summed E-state index contributed by atoms with van der Waals surface area (Å²) in [7, 11) is 0. The molecule has 1 aromatic heterocycles. The summed E-state index contributed by atoms with van der Waals surface area (Å²) in [6, 6.07) is 1.63. The number of hydrogen-bond acceptors (Lipinski definition) is 5. The summed E-state index contributed by atoms with van der Waals surface area (Å²) in [5, 5.41) is 2.82. The van der Waals surface area contributed by atoms with Crippen LogP contribution < -0.4 is 11.1 Å². The van der Waals surface area contributed by atoms with Gasteiger partial charge in [-0.1, -0.05) is 0 Å². The SMILES string of the molecule is CSCCCCNC(=O)c1cc(C)nc(N)n1. The molecule has 0 fully saturated rings. The van der Waals surface area contributed by atoms with Crippen LogP contribution in [0.2, 0.25) is 0 Å². The predicted octanol–water partition coefficient (Wildman–Crippen LogP) is 1.24. The van der Waals surface area contributed by atoms with Gasteiger partial charge >= 0.3 is 0 Å². The third-order valence-corrected chi connectivity index (χ3v) is 2.86. The summed E-state index contributed by atoms with van der Waals surface area (Å²) in [6.07, 6.45) is 4.16. The normalized spacial score (nSPS) is 10.2. The molecule has 1 heterocycles. The number of carbonyl (C=O) groups excluding carboxylic acids is 1. The number of thioether (sulfide) groups is 1. The van der Waals surface area contributed by atoms with E-state index in [1.165, 1.54) is 0 Å². The Morgan fingerprint density at radius 2 is 2.24 bits per heavy atom. The molecule has 0 radical (unpaired) electrons. The second-order valence-electron chi connectivity index (χ2n) is 3.71. The number of nitrogen functional groups attached to an aromatic ring is 1. The van der Waals surface area contributed by atoms with Gasteiger partial charge in [0.25, 0.3) is 5.91 Å². The lowest BCUT2D eigenvalue weighted by Crippen LogP contribution is -2.26. The highest BCUT2D eigenvalue weighted by atomic mass is 32.2. The van der Waals surface area contributed by atoms with Crippen molar-refractivity contribution in [1.82, 2.24) is 15.3 Å². The summed E-state index contributed by atoms with van der Waals surface area (Å²) in [6.45, 7) is 2.45. The third-order valence-electron chi connectivity index (χ3n) is 2.16. The van der Waals surface area contributed by atoms with Gasteiger partial charge in [-0.15, -0.1) is 0 Å². The van der Waals surface area contributed by atoms with Crippen molar-refractivity contribution in [2.24, 2.45) is 0 Å². The summed E-state index contributed by atoms with van der Waals surface area (Å²) in [5.74, 6) is 1.07. The zero-order chi connectivity index (χ0) is 12.7. The number of rotatable bonds is 6. The molecule has 0 aliphatic carbocycles. The molecule has 0 unspecified atom stereocenters. The van der Waals surface area contributed by atoms with Crippen molar-refractivity contribution >= 4 is 23.6 Å². The van der Waals surface area contributed by atoms with E-state index in [0.717, 1.165) is 18.6 Å². The molecule has 94 valence electrons. The molecule has 0 aliphatic heterocycles. The van der Waals surface area contributed by atoms with Crippen LogP contribution in [0, 0.1) is 6.92 Å². The third kappa shape index (κ3) is 5.04. The Morgan fingerprint density at radius 3 is 2.88 bits per heavy atom. The van der Waals surface area contributed by atoms with Gasteiger partial charge in [-0.25, -0.2) is 9.97 Å². The van der Waals surface area contributed by atoms with Crippen LogP contribution in [0.1, 0.15) is 29.0 Å². The van der Waals surface area contributed by atoms with E-state index < -0.39 is 0 Å². The minimum atomic E-state index is -0.189. The molecule has 0 saturated heterocycles. The molecule has 5 nitrogen and oxygen atoms in total. The minimum absolute atomic E-state index is 0.137. The highest BCUT2D eigenvalue weighted by Gasteiger charge is 2.08. The molecule has 0 saturated carbocycles. The highest BCUT2D eigenvalue weighted by Crippen LogP contribution is 2.02. The lowest BCUT2D eigenvalue weighted by Gasteiger charge is -2.05. The Labute approximate surface area is 106 Å². The van der Waals surface area contributed by atoms with E-state index in [9.17, 15) is 4.79 Å². The van der Waals surface area contributed by atoms with E-state index in [0.29, 0.717) is 17.9 Å². The second kappa shape index (κ2) is 7.11. The van der Waals surface area contributed by atoms with Crippen LogP contribution in [0.4, 0.5) is 5.95 Å². The van der Waals surface area contributed by atoms with Crippen molar-refractivity contribution in [3.05, 3.63) is 17.5 Å². The van der Waals surface area contributed by atoms with Crippen molar-refractivity contribution in [3.8, 4) is 0 Å². The molecule has 0 spiro atoms. The number of carbonyl (C=O) groups is 1. The molecular weight excluding hydrogens is 236 g/mol. The lowest BCUT2D eigenvalue weighted by atomic mass is 10.3. The van der Waals surface area contributed by atoms with Crippen molar-refractivity contribution < 1.29 is 4.79 Å². The van der Waals surface area contributed by atoms with Gasteiger partial charge in [0.1, 0.15) is 5.69 Å². The first-order valence-corrected chi connectivity index (χ1v) is 6.91. The van der Waals surface area contributed by atoms with Gasteiger partial charge in [-0.2, -0.15) is 11.8 Å². The smallest absolute Gasteiger partial charge is 0.270 e. The van der Waals surface area contributed by atoms with Crippen LogP contribution in [0.5, 0.6) is 0 Å². The predicted molar refractivity (Wildman–Crippen MR) is 71.1 cm³/mol. The average Bonchev–Trinajstić information content (AvgIpc) is 2.27. The fourth-order valence-corrected chi connectivity index (χ4v) is 1.86. The Kier molecular flexibility index (Phi) is 5.76. The van der Waals surface area contributed by atoms with E-state index in [2.05, 4.69) is 21.5 Å². The average molecular weight is 254 g/mol. The molecule has 1 rings (SSSR count). The maximum absolute atomic E-state index is 11.7. The topological polar surface area (TPSA) is 80.9 Å². The molecule has 6 heteroatoms. The van der Waals surface area contributed by atoms with Crippen LogP contribution >= 0.6 is 11.8 Å². The van der Waals surface area contributed by atoms with Gasteiger partial charge in [0.15, 0.2) is 0 Å². The molecule has 17 heavy (non-hydrogen) atoms. The number of unbranched alkanes of at least 4 members (excludes halogenated alkanes) is 1. The van der Waals surface area contributed by atoms with Crippen LogP contribution in [-0.2, 0) is 0 Å². The number of aryl methyl sites for hydroxylation is 1. The van der Waals surface area contributed by atoms with Gasteiger partial charge in [-0.3, -0.25) is 4.79 Å². The molecule has 1 amide bonds. The first-order valence-electron chi connectivity index (χ1n) is 5.52. The zero-order valence-electron chi connectivity index (χ0n) is 10.2. The Bertz CT molecular complexity index is 363. The van der Waals surface area contributed by atoms with Crippen LogP contribution in [0.25, 0.3) is 0 Å². The first-order chi connectivity index (χ1) is 8.13. The highest BCUT2D eigenvalue weighted by molar-refractivity contribution is 7.98. The second-order valence-corrected chi connectivity index (χ2v) is 4.69. The minimum Gasteiger partial charge on any atom is -0.368 e. The number of nitrogens with one attached hydrogen (secondary N) is 1. The molecule has 0 atom stereocenters. The fraction of sp³-hybridized carbons (Fsp3) is 0.545. The van der Waals surface area contributed by atoms with E-state index in [4.69, 9.17) is 5.73 Å². The number of hydrogen-bond donors (Lipinski definition) is 2. The van der Waals surface area contributed by atoms with Crippen LogP contribution in [-0.4, -0.2) is 34.4 Å². The van der Waals surface area contributed by atoms with Gasteiger partial charge in [0, 0.05) is 12.2 Å². The van der Waals surface area contributed by atoms with E-state index in [1.54, 1.807) is 13.0 Å². The Hall–Kier alpha value is -1.30. The standard InChI is InChI=1S/C11H18N4OS/c1-8-7-9(15-11(12)14-8)10(16)13-5-3-4-6-17-2/h7H,3-6H2,1-2H3,(H,13,16)(H2,12,14,15). The maximum Gasteiger partial charge on any atom is 0.270 e. The van der Waals surface area contributed by atoms with Crippen molar-refractivity contribution in [2.75, 3.05) is 24.3 Å². The number of nitrogens with zero attached hydrogens (tertiary/aromatic N) is 2. The number of anilines is 1. The molecule has 0 bridgehead atoms. The number of nitrogens with two attached hydrogens (primary N) is 1. The van der Waals surface area contributed by atoms with Gasteiger partial charge in [0.2, 0.25) is 5.95 Å². The fourth-order valence-electron chi connectivity index (χ4n) is 1.37. The Morgan fingerprint density at radius 1 is 1.47 bits per heavy atom. The van der Waals surface area contributed by atoms with Crippen molar-refractivity contribution in [2.45, 2.75) is 19.8 Å². The first kappa shape index (κ1) is 13.8. The van der Waals surface area contributed by atoms with Gasteiger partial charge < -0.3 is 11.1 Å². The van der Waals surface area contributed by atoms with Crippen molar-refractivity contribution in [3.63, 3.8) is 0 Å². The summed E-state index contributed by atoms with van der Waals surface area (Å²) < 4.78 is 0. The van der Waals surface area contributed by atoms with Gasteiger partial charge in [0.05, 0.1) is 0 Å². The van der Waals surface area contributed by atoms with Crippen molar-refractivity contribution in [1.29, 1.82) is 0 Å². The molecule has 0 aliphatic rings. The molecule has 3 N–H and O–H groups in total. The van der Waals surface area contributed by atoms with E-state index in [-0.39, 0.29) is 11.9 Å². The Balaban J connectivity index is 2.41. The maximum atomic E-state index is 11.7. The van der Waals surface area contributed by atoms with Crippen LogP contribution in [0.15, 0.2) is 6.07 Å². The summed E-state index contributed by atoms with van der Waals surface area (Å²) in [4.78, 5) is 19.5. The number of amides is 1. The lowest BCUT2D eigenvalue weighted by molar-refractivity contribution is 0.0948. The quantitative estimate of drug-likeness (QED) is 0.746. The molecule has 0 aromatic carbocycles. The monoisotopic (exact) mass is 254 g/mol. The summed E-state index contributed by atoms with van der Waals surface area (Å²) in [5.41, 5.74) is 6.52. The van der Waals surface area contributed by atoms with E-state index in [1.807, 2.05) is 11.8 Å².